The summed E-state index contributed by atoms with van der Waals surface area (Å²) in [7, 11) is 3.63. The summed E-state index contributed by atoms with van der Waals surface area (Å²) in [6.07, 6.45) is 30.1. The fourth-order valence-corrected chi connectivity index (χ4v) is 5.90. The molecule has 3 nitrogen and oxygen atoms in total. The van der Waals surface area contributed by atoms with Crippen LogP contribution in [0.1, 0.15) is 142 Å². The predicted octanol–water partition coefficient (Wildman–Crippen LogP) is 9.96. The van der Waals surface area contributed by atoms with Gasteiger partial charge in [0.1, 0.15) is 0 Å². The molecule has 0 aliphatic heterocycles. The van der Waals surface area contributed by atoms with Gasteiger partial charge in [-0.25, -0.2) is 9.13 Å². The van der Waals surface area contributed by atoms with Crippen molar-refractivity contribution in [3.8, 4) is 0 Å². The van der Waals surface area contributed by atoms with Crippen molar-refractivity contribution in [3.63, 3.8) is 0 Å². The first-order valence-electron chi connectivity index (χ1n) is 13.9. The van der Waals surface area contributed by atoms with Crippen molar-refractivity contribution < 1.29 is 13.6 Å². The zero-order chi connectivity index (χ0) is 24.1. The van der Waals surface area contributed by atoms with Gasteiger partial charge in [0.2, 0.25) is 5.28 Å². The maximum atomic E-state index is 11.9. The minimum absolute atomic E-state index is 0.510. The molecule has 0 N–H and O–H groups in total. The van der Waals surface area contributed by atoms with Crippen molar-refractivity contribution in [2.24, 2.45) is 0 Å². The van der Waals surface area contributed by atoms with Crippen molar-refractivity contribution in [2.45, 2.75) is 148 Å². The van der Waals surface area contributed by atoms with Crippen LogP contribution in [-0.4, -0.2) is 30.9 Å². The Balaban J connectivity index is 3.53. The maximum absolute atomic E-state index is 11.9. The Bertz CT molecular complexity index is 514. The number of rotatable bonds is 23. The molecular formula is C28H57NO2P+. The molecule has 0 aromatic carbocycles. The van der Waals surface area contributed by atoms with Gasteiger partial charge in [-0.2, -0.15) is 0 Å². The first-order valence-corrected chi connectivity index (χ1v) is 15.1. The van der Waals surface area contributed by atoms with E-state index in [1.54, 1.807) is 0 Å². The SMILES string of the molecule is CCCCCCCCCCC=CCCCCCCCCCCC(CC)(P(=O)=O)[N+](C)(C)C. The molecule has 0 aliphatic rings. The highest BCUT2D eigenvalue weighted by molar-refractivity contribution is 7.32. The van der Waals surface area contributed by atoms with E-state index < -0.39 is 13.0 Å². The fourth-order valence-electron chi connectivity index (χ4n) is 4.81. The highest BCUT2D eigenvalue weighted by atomic mass is 31.1. The first kappa shape index (κ1) is 31.6. The van der Waals surface area contributed by atoms with Crippen molar-refractivity contribution in [1.29, 1.82) is 0 Å². The van der Waals surface area contributed by atoms with Crippen LogP contribution in [0.15, 0.2) is 12.2 Å². The second-order valence-electron chi connectivity index (χ2n) is 10.7. The largest absolute Gasteiger partial charge is 0.378 e. The summed E-state index contributed by atoms with van der Waals surface area (Å²) in [6.45, 7) is 4.30. The lowest BCUT2D eigenvalue weighted by molar-refractivity contribution is -0.908. The van der Waals surface area contributed by atoms with Gasteiger partial charge in [-0.05, 0) is 32.1 Å². The summed E-state index contributed by atoms with van der Waals surface area (Å²) in [6, 6.07) is 0. The van der Waals surface area contributed by atoms with Gasteiger partial charge in [0.05, 0.1) is 21.1 Å². The predicted molar refractivity (Wildman–Crippen MR) is 142 cm³/mol. The third kappa shape index (κ3) is 14.7. The van der Waals surface area contributed by atoms with E-state index in [1.807, 2.05) is 28.1 Å². The average Bonchev–Trinajstić information content (AvgIpc) is 2.74. The zero-order valence-corrected chi connectivity index (χ0v) is 23.4. The van der Waals surface area contributed by atoms with E-state index in [4.69, 9.17) is 0 Å². The third-order valence-corrected chi connectivity index (χ3v) is 9.06. The van der Waals surface area contributed by atoms with Gasteiger partial charge in [0, 0.05) is 12.8 Å². The molecule has 1 unspecified atom stereocenters. The molecular weight excluding hydrogens is 413 g/mol. The molecule has 0 heterocycles. The molecule has 1 atom stereocenters. The van der Waals surface area contributed by atoms with Crippen LogP contribution in [0.4, 0.5) is 0 Å². The Morgan fingerprint density at radius 3 is 1.31 bits per heavy atom. The number of allylic oxidation sites excluding steroid dienone is 2. The average molecular weight is 471 g/mol. The summed E-state index contributed by atoms with van der Waals surface area (Å²) in [4.78, 5) is 0. The molecule has 190 valence electrons. The summed E-state index contributed by atoms with van der Waals surface area (Å²) >= 11 is 0. The van der Waals surface area contributed by atoms with E-state index in [9.17, 15) is 9.13 Å². The topological polar surface area (TPSA) is 34.1 Å². The van der Waals surface area contributed by atoms with Gasteiger partial charge in [-0.15, -0.1) is 0 Å². The molecule has 0 amide bonds. The van der Waals surface area contributed by atoms with Crippen LogP contribution in [-0.2, 0) is 9.13 Å². The second kappa shape index (κ2) is 20.0. The standard InChI is InChI=1S/C28H57NO2P/c1-6-8-9-10-11-12-13-14-15-16-17-18-19-20-21-22-23-24-25-26-27-28(7-2,32(30)31)29(3,4)5/h16-17H,6-15,18-27H2,1-5H3/q+1. The van der Waals surface area contributed by atoms with Crippen LogP contribution >= 0.6 is 7.68 Å². The van der Waals surface area contributed by atoms with Crippen molar-refractivity contribution in [2.75, 3.05) is 21.1 Å². The highest BCUT2D eigenvalue weighted by Gasteiger charge is 2.46. The van der Waals surface area contributed by atoms with E-state index in [2.05, 4.69) is 19.1 Å². The first-order chi connectivity index (χ1) is 15.3. The fraction of sp³-hybridized carbons (Fsp3) is 0.929. The molecule has 0 spiro atoms. The minimum atomic E-state index is -2.42. The molecule has 32 heavy (non-hydrogen) atoms. The number of quaternary nitrogens is 1. The number of nitrogens with zero attached hydrogens (tertiary/aromatic N) is 1. The van der Waals surface area contributed by atoms with E-state index in [0.717, 1.165) is 19.3 Å². The van der Waals surface area contributed by atoms with Crippen molar-refractivity contribution >= 4 is 7.68 Å². The van der Waals surface area contributed by atoms with E-state index >= 15 is 0 Å². The van der Waals surface area contributed by atoms with Gasteiger partial charge in [-0.1, -0.05) is 109 Å². The molecule has 0 rings (SSSR count). The number of hydrogen-bond acceptors (Lipinski definition) is 2. The number of unbranched alkanes of at least 4 members (excludes halogenated alkanes) is 16. The van der Waals surface area contributed by atoms with Gasteiger partial charge < -0.3 is 4.48 Å². The molecule has 0 saturated carbocycles. The summed E-state index contributed by atoms with van der Waals surface area (Å²) < 4.78 is 24.4. The zero-order valence-electron chi connectivity index (χ0n) is 22.5. The van der Waals surface area contributed by atoms with E-state index in [0.29, 0.717) is 10.9 Å². The minimum Gasteiger partial charge on any atom is -0.314 e. The lowest BCUT2D eigenvalue weighted by atomic mass is 10.0. The van der Waals surface area contributed by atoms with E-state index in [-0.39, 0.29) is 0 Å². The lowest BCUT2D eigenvalue weighted by Gasteiger charge is -2.40. The van der Waals surface area contributed by atoms with Crippen LogP contribution in [0, 0.1) is 0 Å². The molecule has 0 fully saturated rings. The Labute approximate surface area is 202 Å². The molecule has 0 radical (unpaired) electrons. The molecule has 4 heteroatoms. The molecule has 0 bridgehead atoms. The Kier molecular flexibility index (Phi) is 19.8. The van der Waals surface area contributed by atoms with Crippen LogP contribution < -0.4 is 0 Å². The Hall–Kier alpha value is -0.400. The van der Waals surface area contributed by atoms with Crippen molar-refractivity contribution in [3.05, 3.63) is 12.2 Å². The normalized spacial score (nSPS) is 14.2. The Morgan fingerprint density at radius 2 is 0.969 bits per heavy atom. The summed E-state index contributed by atoms with van der Waals surface area (Å²) in [5, 5.41) is -0.600. The second-order valence-corrected chi connectivity index (χ2v) is 12.1. The smallest absolute Gasteiger partial charge is 0.314 e. The number of hydrogen-bond donors (Lipinski definition) is 0. The quantitative estimate of drug-likeness (QED) is 0.0644. The highest BCUT2D eigenvalue weighted by Crippen LogP contribution is 2.43. The van der Waals surface area contributed by atoms with Crippen LogP contribution in [0.5, 0.6) is 0 Å². The van der Waals surface area contributed by atoms with Gasteiger partial charge >= 0.3 is 7.68 Å². The van der Waals surface area contributed by atoms with Crippen LogP contribution in [0.3, 0.4) is 0 Å². The molecule has 0 aromatic heterocycles. The van der Waals surface area contributed by atoms with E-state index in [1.165, 1.54) is 103 Å². The maximum Gasteiger partial charge on any atom is 0.378 e. The monoisotopic (exact) mass is 470 g/mol. The third-order valence-electron chi connectivity index (χ3n) is 7.24. The molecule has 0 aromatic rings. The van der Waals surface area contributed by atoms with Gasteiger partial charge in [0.25, 0.3) is 0 Å². The summed E-state index contributed by atoms with van der Waals surface area (Å²) in [5.41, 5.74) is 0. The molecule has 0 saturated heterocycles. The lowest BCUT2D eigenvalue weighted by Crippen LogP contribution is -2.53. The van der Waals surface area contributed by atoms with Gasteiger partial charge in [0.15, 0.2) is 0 Å². The molecule has 0 aliphatic carbocycles. The van der Waals surface area contributed by atoms with Crippen LogP contribution in [0.25, 0.3) is 0 Å². The van der Waals surface area contributed by atoms with Crippen LogP contribution in [0.2, 0.25) is 0 Å². The van der Waals surface area contributed by atoms with Crippen molar-refractivity contribution in [1.82, 2.24) is 0 Å². The Morgan fingerprint density at radius 1 is 0.594 bits per heavy atom. The van der Waals surface area contributed by atoms with Gasteiger partial charge in [-0.3, -0.25) is 0 Å². The summed E-state index contributed by atoms with van der Waals surface area (Å²) in [5.74, 6) is 0.